The highest BCUT2D eigenvalue weighted by Gasteiger charge is 2.42. The maximum absolute atomic E-state index is 13.4. The molecule has 6 heteroatoms. The molecular formula is C23H22ClNO4. The van der Waals surface area contributed by atoms with E-state index in [1.807, 2.05) is 45.0 Å². The summed E-state index contributed by atoms with van der Waals surface area (Å²) in [5.41, 5.74) is 2.18. The fourth-order valence-corrected chi connectivity index (χ4v) is 4.04. The number of hydrogen-bond acceptors (Lipinski definition) is 4. The number of aryl methyl sites for hydroxylation is 1. The van der Waals surface area contributed by atoms with Crippen molar-refractivity contribution in [2.24, 2.45) is 0 Å². The van der Waals surface area contributed by atoms with Crippen molar-refractivity contribution in [2.75, 3.05) is 13.2 Å². The Morgan fingerprint density at radius 1 is 1.14 bits per heavy atom. The molecule has 1 atom stereocenters. The Labute approximate surface area is 173 Å². The first-order valence-corrected chi connectivity index (χ1v) is 10.1. The van der Waals surface area contributed by atoms with Crippen molar-refractivity contribution in [3.63, 3.8) is 0 Å². The summed E-state index contributed by atoms with van der Waals surface area (Å²) >= 11 is 6.25. The number of ether oxygens (including phenoxy) is 1. The zero-order valence-corrected chi connectivity index (χ0v) is 17.4. The molecule has 5 nitrogen and oxygen atoms in total. The number of carbonyl (C=O) groups excluding carboxylic acids is 1. The van der Waals surface area contributed by atoms with Gasteiger partial charge in [-0.05, 0) is 55.7 Å². The van der Waals surface area contributed by atoms with Gasteiger partial charge in [0.05, 0.1) is 23.6 Å². The summed E-state index contributed by atoms with van der Waals surface area (Å²) in [4.78, 5) is 28.2. The Bertz CT molecular complexity index is 1150. The van der Waals surface area contributed by atoms with E-state index in [2.05, 4.69) is 0 Å². The van der Waals surface area contributed by atoms with Gasteiger partial charge in [-0.3, -0.25) is 9.59 Å². The lowest BCUT2D eigenvalue weighted by atomic mass is 9.98. The number of benzene rings is 2. The monoisotopic (exact) mass is 411 g/mol. The molecule has 1 aromatic heterocycles. The third kappa shape index (κ3) is 3.19. The molecule has 0 radical (unpaired) electrons. The van der Waals surface area contributed by atoms with E-state index in [1.54, 1.807) is 17.0 Å². The van der Waals surface area contributed by atoms with Crippen LogP contribution < -0.4 is 10.2 Å². The second kappa shape index (κ2) is 7.56. The quantitative estimate of drug-likeness (QED) is 0.585. The van der Waals surface area contributed by atoms with Gasteiger partial charge < -0.3 is 14.1 Å². The summed E-state index contributed by atoms with van der Waals surface area (Å²) in [5.74, 6) is 0.611. The Morgan fingerprint density at radius 2 is 1.86 bits per heavy atom. The second-order valence-electron chi connectivity index (χ2n) is 7.17. The molecule has 1 aliphatic heterocycles. The summed E-state index contributed by atoms with van der Waals surface area (Å²) in [6, 6.07) is 10.3. The molecule has 1 unspecified atom stereocenters. The van der Waals surface area contributed by atoms with Crippen LogP contribution in [0.15, 0.2) is 45.6 Å². The molecule has 0 fully saturated rings. The van der Waals surface area contributed by atoms with Crippen LogP contribution >= 0.6 is 11.6 Å². The van der Waals surface area contributed by atoms with Gasteiger partial charge in [-0.25, -0.2) is 0 Å². The molecule has 3 aromatic rings. The van der Waals surface area contributed by atoms with Crippen LogP contribution in [0.1, 0.15) is 53.6 Å². The molecule has 2 heterocycles. The van der Waals surface area contributed by atoms with Gasteiger partial charge in [0.15, 0.2) is 5.43 Å². The summed E-state index contributed by atoms with van der Waals surface area (Å²) in [7, 11) is 0. The third-order valence-corrected chi connectivity index (χ3v) is 5.63. The van der Waals surface area contributed by atoms with Gasteiger partial charge in [0, 0.05) is 11.6 Å². The lowest BCUT2D eigenvalue weighted by Crippen LogP contribution is -2.30. The van der Waals surface area contributed by atoms with E-state index in [0.29, 0.717) is 34.7 Å². The second-order valence-corrected chi connectivity index (χ2v) is 7.58. The minimum Gasteiger partial charge on any atom is -0.494 e. The first-order chi connectivity index (χ1) is 14.0. The number of nitrogens with zero attached hydrogens (tertiary/aromatic N) is 1. The highest BCUT2D eigenvalue weighted by Crippen LogP contribution is 2.39. The predicted octanol–water partition coefficient (Wildman–Crippen LogP) is 5.11. The Balaban J connectivity index is 1.94. The van der Waals surface area contributed by atoms with Crippen molar-refractivity contribution in [3.05, 3.63) is 74.1 Å². The van der Waals surface area contributed by atoms with Crippen LogP contribution in [0.3, 0.4) is 0 Å². The van der Waals surface area contributed by atoms with Crippen molar-refractivity contribution in [2.45, 2.75) is 33.2 Å². The van der Waals surface area contributed by atoms with Gasteiger partial charge in [-0.15, -0.1) is 0 Å². The van der Waals surface area contributed by atoms with Crippen LogP contribution in [0.2, 0.25) is 5.02 Å². The van der Waals surface area contributed by atoms with Crippen molar-refractivity contribution in [3.8, 4) is 5.75 Å². The number of halogens is 1. The summed E-state index contributed by atoms with van der Waals surface area (Å²) in [6.45, 7) is 6.85. The fourth-order valence-electron chi connectivity index (χ4n) is 3.87. The van der Waals surface area contributed by atoms with Crippen LogP contribution in [0.25, 0.3) is 11.0 Å². The van der Waals surface area contributed by atoms with Crippen LogP contribution in [-0.4, -0.2) is 24.0 Å². The molecule has 29 heavy (non-hydrogen) atoms. The lowest BCUT2D eigenvalue weighted by molar-refractivity contribution is 0.0728. The zero-order chi connectivity index (χ0) is 20.7. The van der Waals surface area contributed by atoms with Gasteiger partial charge in [-0.2, -0.15) is 0 Å². The summed E-state index contributed by atoms with van der Waals surface area (Å²) in [6.07, 6.45) is 0.770. The molecule has 1 aliphatic rings. The van der Waals surface area contributed by atoms with Crippen molar-refractivity contribution in [1.29, 1.82) is 0 Å². The average molecular weight is 412 g/mol. The molecule has 4 rings (SSSR count). The Kier molecular flexibility index (Phi) is 5.09. The van der Waals surface area contributed by atoms with E-state index < -0.39 is 6.04 Å². The summed E-state index contributed by atoms with van der Waals surface area (Å²) < 4.78 is 11.5. The Hall–Kier alpha value is -2.79. The number of hydrogen-bond donors (Lipinski definition) is 0. The minimum atomic E-state index is -0.492. The van der Waals surface area contributed by atoms with E-state index in [9.17, 15) is 9.59 Å². The summed E-state index contributed by atoms with van der Waals surface area (Å²) in [5, 5.41) is 0.888. The van der Waals surface area contributed by atoms with Gasteiger partial charge in [0.1, 0.15) is 11.3 Å². The third-order valence-electron chi connectivity index (χ3n) is 5.22. The molecule has 2 aromatic carbocycles. The van der Waals surface area contributed by atoms with E-state index in [0.717, 1.165) is 23.3 Å². The lowest BCUT2D eigenvalue weighted by Gasteiger charge is -2.24. The van der Waals surface area contributed by atoms with E-state index in [4.69, 9.17) is 20.8 Å². The van der Waals surface area contributed by atoms with Crippen LogP contribution in [0.4, 0.5) is 0 Å². The standard InChI is InChI=1S/C23H22ClNO4/c1-4-10-25-20(14-6-8-15(9-7-14)28-5-2)19-21(26)16-12-17(24)13(3)11-18(16)29-22(19)23(25)27/h6-9,11-12,20H,4-5,10H2,1-3H3. The SMILES string of the molecule is CCCN1C(=O)c2oc3cc(C)c(Cl)cc3c(=O)c2C1c1ccc(OCC)cc1. The average Bonchev–Trinajstić information content (AvgIpc) is 2.97. The van der Waals surface area contributed by atoms with Gasteiger partial charge in [-0.1, -0.05) is 30.7 Å². The van der Waals surface area contributed by atoms with Gasteiger partial charge >= 0.3 is 0 Å². The number of rotatable bonds is 5. The maximum atomic E-state index is 13.4. The highest BCUT2D eigenvalue weighted by atomic mass is 35.5. The fraction of sp³-hybridized carbons (Fsp3) is 0.304. The molecule has 0 bridgehead atoms. The highest BCUT2D eigenvalue weighted by molar-refractivity contribution is 6.32. The molecule has 0 saturated carbocycles. The van der Waals surface area contributed by atoms with E-state index in [-0.39, 0.29) is 17.1 Å². The first kappa shape index (κ1) is 19.5. The van der Waals surface area contributed by atoms with Gasteiger partial charge in [0.2, 0.25) is 5.76 Å². The molecule has 1 amide bonds. The molecular weight excluding hydrogens is 390 g/mol. The van der Waals surface area contributed by atoms with Crippen molar-refractivity contribution >= 4 is 28.5 Å². The van der Waals surface area contributed by atoms with E-state index >= 15 is 0 Å². The smallest absolute Gasteiger partial charge is 0.290 e. The first-order valence-electron chi connectivity index (χ1n) is 9.76. The molecule has 0 spiro atoms. The molecule has 150 valence electrons. The number of carbonyl (C=O) groups is 1. The molecule has 0 N–H and O–H groups in total. The van der Waals surface area contributed by atoms with Crippen LogP contribution in [-0.2, 0) is 0 Å². The predicted molar refractivity (Wildman–Crippen MR) is 113 cm³/mol. The molecule has 0 aliphatic carbocycles. The van der Waals surface area contributed by atoms with Crippen LogP contribution in [0.5, 0.6) is 5.75 Å². The minimum absolute atomic E-state index is 0.122. The van der Waals surface area contributed by atoms with Crippen LogP contribution in [0, 0.1) is 6.92 Å². The molecule has 0 saturated heterocycles. The van der Waals surface area contributed by atoms with E-state index in [1.165, 1.54) is 0 Å². The maximum Gasteiger partial charge on any atom is 0.290 e. The number of amides is 1. The zero-order valence-electron chi connectivity index (χ0n) is 16.6. The van der Waals surface area contributed by atoms with Crippen molar-refractivity contribution < 1.29 is 13.9 Å². The largest absolute Gasteiger partial charge is 0.494 e. The normalized spacial score (nSPS) is 15.8. The van der Waals surface area contributed by atoms with Crippen molar-refractivity contribution in [1.82, 2.24) is 4.90 Å². The Morgan fingerprint density at radius 3 is 2.52 bits per heavy atom. The number of fused-ring (bicyclic) bond motifs is 2. The van der Waals surface area contributed by atoms with Gasteiger partial charge in [0.25, 0.3) is 5.91 Å². The topological polar surface area (TPSA) is 59.8 Å².